The predicted molar refractivity (Wildman–Crippen MR) is 64.9 cm³/mol. The van der Waals surface area contributed by atoms with E-state index in [1.807, 2.05) is 0 Å². The minimum absolute atomic E-state index is 0.0210. The van der Waals surface area contributed by atoms with E-state index in [2.05, 4.69) is 5.32 Å². The first-order valence-corrected chi connectivity index (χ1v) is 5.59. The average molecular weight is 274 g/mol. The van der Waals surface area contributed by atoms with Crippen LogP contribution in [0, 0.1) is 11.2 Å². The van der Waals surface area contributed by atoms with E-state index in [9.17, 15) is 14.0 Å². The molecule has 6 heteroatoms. The smallest absolute Gasteiger partial charge is 0.319 e. The molecule has 2 N–H and O–H groups in total. The number of hydrogen-bond acceptors (Lipinski definition) is 2. The van der Waals surface area contributed by atoms with Gasteiger partial charge in [0.2, 0.25) is 5.91 Å². The third-order valence-corrected chi connectivity index (χ3v) is 3.15. The molecule has 0 bridgehead atoms. The maximum atomic E-state index is 13.6. The Kier molecular flexibility index (Phi) is 4.29. The fourth-order valence-corrected chi connectivity index (χ4v) is 1.81. The molecule has 0 aliphatic rings. The average Bonchev–Trinajstić information content (AvgIpc) is 2.32. The number of amides is 1. The van der Waals surface area contributed by atoms with E-state index in [4.69, 9.17) is 16.7 Å². The molecule has 0 radical (unpaired) electrons. The molecule has 1 amide bonds. The third kappa shape index (κ3) is 2.61. The molecule has 0 fully saturated rings. The first-order chi connectivity index (χ1) is 8.32. The largest absolute Gasteiger partial charge is 0.480 e. The fourth-order valence-electron chi connectivity index (χ4n) is 1.58. The molecule has 1 aromatic rings. The van der Waals surface area contributed by atoms with Gasteiger partial charge in [0.1, 0.15) is 11.2 Å². The summed E-state index contributed by atoms with van der Waals surface area (Å²) in [6.45, 7) is 1.23. The predicted octanol–water partition coefficient (Wildman–Crippen LogP) is 1.86. The van der Waals surface area contributed by atoms with Crippen molar-refractivity contribution in [1.82, 2.24) is 5.32 Å². The molecule has 1 aromatic carbocycles. The Hall–Kier alpha value is -1.62. The summed E-state index contributed by atoms with van der Waals surface area (Å²) < 4.78 is 13.6. The summed E-state index contributed by atoms with van der Waals surface area (Å²) in [4.78, 5) is 22.9. The number of benzene rings is 1. The van der Waals surface area contributed by atoms with Gasteiger partial charge in [-0.15, -0.1) is 0 Å². The van der Waals surface area contributed by atoms with Gasteiger partial charge in [-0.25, -0.2) is 4.39 Å². The second-order valence-corrected chi connectivity index (χ2v) is 4.50. The van der Waals surface area contributed by atoms with Crippen LogP contribution in [0.4, 0.5) is 4.39 Å². The summed E-state index contributed by atoms with van der Waals surface area (Å²) in [5, 5.41) is 11.5. The van der Waals surface area contributed by atoms with Gasteiger partial charge in [-0.1, -0.05) is 17.7 Å². The highest BCUT2D eigenvalue weighted by molar-refractivity contribution is 6.31. The zero-order chi connectivity index (χ0) is 13.9. The van der Waals surface area contributed by atoms with Crippen LogP contribution in [0.1, 0.15) is 12.5 Å². The minimum Gasteiger partial charge on any atom is -0.480 e. The van der Waals surface area contributed by atoms with Crippen molar-refractivity contribution in [1.29, 1.82) is 0 Å². The van der Waals surface area contributed by atoms with Gasteiger partial charge in [0.15, 0.2) is 0 Å². The molecule has 1 rings (SSSR count). The second kappa shape index (κ2) is 5.35. The zero-order valence-corrected chi connectivity index (χ0v) is 10.7. The molecule has 4 nitrogen and oxygen atoms in total. The number of aliphatic carboxylic acids is 1. The molecule has 98 valence electrons. The summed E-state index contributed by atoms with van der Waals surface area (Å²) in [6.07, 6.45) is -0.312. The Morgan fingerprint density at radius 2 is 2.11 bits per heavy atom. The molecule has 0 spiro atoms. The Balaban J connectivity index is 3.20. The Morgan fingerprint density at radius 1 is 1.50 bits per heavy atom. The van der Waals surface area contributed by atoms with E-state index in [0.29, 0.717) is 0 Å². The van der Waals surface area contributed by atoms with Gasteiger partial charge in [0.05, 0.1) is 0 Å². The van der Waals surface area contributed by atoms with Crippen molar-refractivity contribution in [2.24, 2.45) is 5.41 Å². The van der Waals surface area contributed by atoms with E-state index >= 15 is 0 Å². The number of halogens is 2. The summed E-state index contributed by atoms with van der Waals surface area (Å²) in [5.41, 5.74) is -1.74. The van der Waals surface area contributed by atoms with Gasteiger partial charge in [-0.05, 0) is 19.1 Å². The number of carboxylic acids is 1. The summed E-state index contributed by atoms with van der Waals surface area (Å²) in [7, 11) is 1.33. The Labute approximate surface area is 109 Å². The molecule has 0 aliphatic heterocycles. The SMILES string of the molecule is CNC(=O)C(C)(Cc1c(F)cccc1Cl)C(=O)O. The van der Waals surface area contributed by atoms with Crippen LogP contribution in [0.3, 0.4) is 0 Å². The number of carboxylic acid groups (broad SMARTS) is 1. The molecule has 0 aliphatic carbocycles. The molecule has 0 saturated heterocycles. The van der Waals surface area contributed by atoms with Crippen molar-refractivity contribution in [2.75, 3.05) is 7.05 Å². The zero-order valence-electron chi connectivity index (χ0n) is 9.96. The highest BCUT2D eigenvalue weighted by Gasteiger charge is 2.41. The summed E-state index contributed by atoms with van der Waals surface area (Å²) in [5.74, 6) is -2.66. The number of carbonyl (C=O) groups is 2. The van der Waals surface area contributed by atoms with E-state index in [1.54, 1.807) is 0 Å². The van der Waals surface area contributed by atoms with Crippen LogP contribution >= 0.6 is 11.6 Å². The van der Waals surface area contributed by atoms with Crippen molar-refractivity contribution in [2.45, 2.75) is 13.3 Å². The van der Waals surface area contributed by atoms with Crippen molar-refractivity contribution in [3.63, 3.8) is 0 Å². The monoisotopic (exact) mass is 273 g/mol. The quantitative estimate of drug-likeness (QED) is 0.823. The van der Waals surface area contributed by atoms with Gasteiger partial charge < -0.3 is 10.4 Å². The maximum absolute atomic E-state index is 13.6. The molecule has 18 heavy (non-hydrogen) atoms. The lowest BCUT2D eigenvalue weighted by atomic mass is 9.82. The van der Waals surface area contributed by atoms with Crippen LogP contribution < -0.4 is 5.32 Å². The second-order valence-electron chi connectivity index (χ2n) is 4.09. The lowest BCUT2D eigenvalue weighted by molar-refractivity contribution is -0.154. The number of nitrogens with one attached hydrogen (secondary N) is 1. The highest BCUT2D eigenvalue weighted by atomic mass is 35.5. The highest BCUT2D eigenvalue weighted by Crippen LogP contribution is 2.29. The molecule has 0 aromatic heterocycles. The summed E-state index contributed by atoms with van der Waals surface area (Å²) in [6, 6.07) is 4.04. The van der Waals surface area contributed by atoms with Gasteiger partial charge in [0.25, 0.3) is 0 Å². The van der Waals surface area contributed by atoms with Crippen molar-refractivity contribution >= 4 is 23.5 Å². The standard InChI is InChI=1S/C12H13ClFNO3/c1-12(11(17)18,10(16)15-2)6-7-8(13)4-3-5-9(7)14/h3-5H,6H2,1-2H3,(H,15,16)(H,17,18). The van der Waals surface area contributed by atoms with Gasteiger partial charge >= 0.3 is 5.97 Å². The normalized spacial score (nSPS) is 13.8. The van der Waals surface area contributed by atoms with Crippen LogP contribution in [0.2, 0.25) is 5.02 Å². The van der Waals surface area contributed by atoms with Crippen LogP contribution in [-0.2, 0) is 16.0 Å². The van der Waals surface area contributed by atoms with E-state index in [-0.39, 0.29) is 17.0 Å². The van der Waals surface area contributed by atoms with Crippen molar-refractivity contribution in [3.8, 4) is 0 Å². The molecule has 0 saturated carbocycles. The minimum atomic E-state index is -1.76. The van der Waals surface area contributed by atoms with Gasteiger partial charge in [-0.2, -0.15) is 0 Å². The lowest BCUT2D eigenvalue weighted by Crippen LogP contribution is -2.44. The topological polar surface area (TPSA) is 66.4 Å². The van der Waals surface area contributed by atoms with E-state index in [0.717, 1.165) is 0 Å². The number of hydrogen-bond donors (Lipinski definition) is 2. The Bertz CT molecular complexity index is 472. The number of carbonyl (C=O) groups excluding carboxylic acids is 1. The van der Waals surface area contributed by atoms with Crippen molar-refractivity contribution < 1.29 is 19.1 Å². The van der Waals surface area contributed by atoms with Crippen LogP contribution in [0.15, 0.2) is 18.2 Å². The van der Waals surface area contributed by atoms with Crippen molar-refractivity contribution in [3.05, 3.63) is 34.6 Å². The molecule has 1 unspecified atom stereocenters. The van der Waals surface area contributed by atoms with Crippen LogP contribution in [0.5, 0.6) is 0 Å². The molecular formula is C12H13ClFNO3. The molecular weight excluding hydrogens is 261 g/mol. The van der Waals surface area contributed by atoms with Crippen LogP contribution in [0.25, 0.3) is 0 Å². The van der Waals surface area contributed by atoms with Crippen LogP contribution in [-0.4, -0.2) is 24.0 Å². The Morgan fingerprint density at radius 3 is 2.56 bits per heavy atom. The number of rotatable bonds is 4. The first-order valence-electron chi connectivity index (χ1n) is 5.21. The first kappa shape index (κ1) is 14.4. The maximum Gasteiger partial charge on any atom is 0.319 e. The molecule has 0 heterocycles. The lowest BCUT2D eigenvalue weighted by Gasteiger charge is -2.23. The fraction of sp³-hybridized carbons (Fsp3) is 0.333. The third-order valence-electron chi connectivity index (χ3n) is 2.79. The summed E-state index contributed by atoms with van der Waals surface area (Å²) >= 11 is 5.82. The molecule has 1 atom stereocenters. The van der Waals surface area contributed by atoms with E-state index < -0.39 is 23.1 Å². The van der Waals surface area contributed by atoms with Gasteiger partial charge in [-0.3, -0.25) is 9.59 Å². The van der Waals surface area contributed by atoms with Gasteiger partial charge in [0, 0.05) is 24.1 Å². The van der Waals surface area contributed by atoms with E-state index in [1.165, 1.54) is 32.2 Å².